The number of carbonyl (C=O) groups excluding carboxylic acids is 3. The molecule has 0 atom stereocenters. The number of aliphatic imine (C=N–C) groups is 1. The van der Waals surface area contributed by atoms with E-state index in [1.165, 1.54) is 17.6 Å². The molecule has 1 aromatic heterocycles. The van der Waals surface area contributed by atoms with Crippen LogP contribution in [0.1, 0.15) is 48.8 Å². The monoisotopic (exact) mass is 335 g/mol. The second kappa shape index (κ2) is 6.74. The zero-order valence-electron chi connectivity index (χ0n) is 13.8. The Balaban J connectivity index is 2.22. The molecule has 124 valence electrons. The van der Waals surface area contributed by atoms with Gasteiger partial charge in [0.25, 0.3) is 0 Å². The third kappa shape index (κ3) is 4.13. The highest BCUT2D eigenvalue weighted by Gasteiger charge is 2.38. The minimum absolute atomic E-state index is 0.110. The number of rotatable bonds is 4. The molecule has 0 unspecified atom stereocenters. The summed E-state index contributed by atoms with van der Waals surface area (Å²) in [5.41, 5.74) is 0.0929. The summed E-state index contributed by atoms with van der Waals surface area (Å²) in [7, 11) is 0. The van der Waals surface area contributed by atoms with Crippen molar-refractivity contribution in [2.75, 3.05) is 6.61 Å². The van der Waals surface area contributed by atoms with Gasteiger partial charge in [0.15, 0.2) is 0 Å². The van der Waals surface area contributed by atoms with Gasteiger partial charge in [-0.1, -0.05) is 13.8 Å². The predicted molar refractivity (Wildman–Crippen MR) is 89.7 cm³/mol. The van der Waals surface area contributed by atoms with Crippen LogP contribution in [0.15, 0.2) is 11.1 Å². The minimum Gasteiger partial charge on any atom is -0.462 e. The van der Waals surface area contributed by atoms with Crippen molar-refractivity contribution < 1.29 is 19.1 Å². The van der Waals surface area contributed by atoms with Gasteiger partial charge >= 0.3 is 5.97 Å². The van der Waals surface area contributed by atoms with Crippen LogP contribution in [-0.4, -0.2) is 30.4 Å². The number of esters is 1. The molecule has 0 bridgehead atoms. The normalized spacial score (nSPS) is 18.6. The number of hydrogen-bond acceptors (Lipinski definition) is 6. The van der Waals surface area contributed by atoms with E-state index in [-0.39, 0.29) is 23.6 Å². The van der Waals surface area contributed by atoms with E-state index in [1.807, 2.05) is 20.8 Å². The molecule has 0 aromatic carbocycles. The molecule has 0 amide bonds. The van der Waals surface area contributed by atoms with Gasteiger partial charge in [0.05, 0.1) is 12.2 Å². The van der Waals surface area contributed by atoms with Gasteiger partial charge in [-0.05, 0) is 25.3 Å². The number of aryl methyl sites for hydroxylation is 1. The number of nitrogens with zero attached hydrogens (tertiary/aromatic N) is 1. The Bertz CT molecular complexity index is 652. The summed E-state index contributed by atoms with van der Waals surface area (Å²) in [6.45, 7) is 7.72. The fourth-order valence-corrected chi connectivity index (χ4v) is 3.51. The van der Waals surface area contributed by atoms with E-state index in [1.54, 1.807) is 13.0 Å². The van der Waals surface area contributed by atoms with E-state index in [9.17, 15) is 14.4 Å². The molecule has 0 radical (unpaired) electrons. The van der Waals surface area contributed by atoms with Gasteiger partial charge in [0.1, 0.15) is 22.5 Å². The highest BCUT2D eigenvalue weighted by molar-refractivity contribution is 7.16. The van der Waals surface area contributed by atoms with Crippen LogP contribution in [0.5, 0.6) is 0 Å². The largest absolute Gasteiger partial charge is 0.462 e. The Hall–Kier alpha value is -1.82. The molecular formula is C17H21NO4S. The van der Waals surface area contributed by atoms with E-state index < -0.39 is 11.9 Å². The maximum atomic E-state index is 12.2. The highest BCUT2D eigenvalue weighted by Crippen LogP contribution is 2.35. The van der Waals surface area contributed by atoms with Crippen molar-refractivity contribution in [2.24, 2.45) is 16.3 Å². The first kappa shape index (κ1) is 17.5. The molecule has 0 spiro atoms. The SMILES string of the molecule is CCOC(=O)c1cc(C)sc1N=CC1C(=O)CC(C)(C)CC1=O. The summed E-state index contributed by atoms with van der Waals surface area (Å²) in [5.74, 6) is -1.46. The van der Waals surface area contributed by atoms with Crippen LogP contribution in [0, 0.1) is 18.3 Å². The zero-order chi connectivity index (χ0) is 17.2. The molecule has 1 aliphatic carbocycles. The van der Waals surface area contributed by atoms with Crippen LogP contribution in [0.25, 0.3) is 0 Å². The van der Waals surface area contributed by atoms with Crippen molar-refractivity contribution in [3.05, 3.63) is 16.5 Å². The molecule has 0 aliphatic heterocycles. The van der Waals surface area contributed by atoms with Gasteiger partial charge in [-0.15, -0.1) is 11.3 Å². The topological polar surface area (TPSA) is 72.8 Å². The minimum atomic E-state index is -0.805. The van der Waals surface area contributed by atoms with Gasteiger partial charge in [0.2, 0.25) is 0 Å². The number of thiophene rings is 1. The smallest absolute Gasteiger partial charge is 0.341 e. The van der Waals surface area contributed by atoms with E-state index in [4.69, 9.17) is 4.74 Å². The predicted octanol–water partition coefficient (Wildman–Crippen LogP) is 3.51. The first-order valence-electron chi connectivity index (χ1n) is 7.60. The fraction of sp³-hybridized carbons (Fsp3) is 0.529. The molecule has 1 fully saturated rings. The summed E-state index contributed by atoms with van der Waals surface area (Å²) >= 11 is 1.34. The molecule has 23 heavy (non-hydrogen) atoms. The summed E-state index contributed by atoms with van der Waals surface area (Å²) in [4.78, 5) is 41.4. The fourth-order valence-electron chi connectivity index (χ4n) is 2.67. The van der Waals surface area contributed by atoms with E-state index >= 15 is 0 Å². The lowest BCUT2D eigenvalue weighted by Gasteiger charge is -2.30. The molecule has 5 nitrogen and oxygen atoms in total. The average molecular weight is 335 g/mol. The van der Waals surface area contributed by atoms with Crippen molar-refractivity contribution in [3.8, 4) is 0 Å². The summed E-state index contributed by atoms with van der Waals surface area (Å²) < 4.78 is 5.00. The van der Waals surface area contributed by atoms with Crippen molar-refractivity contribution in [3.63, 3.8) is 0 Å². The maximum absolute atomic E-state index is 12.2. The summed E-state index contributed by atoms with van der Waals surface area (Å²) in [6, 6.07) is 1.71. The number of hydrogen-bond donors (Lipinski definition) is 0. The van der Waals surface area contributed by atoms with Crippen molar-refractivity contribution >= 4 is 40.1 Å². The van der Waals surface area contributed by atoms with Gasteiger partial charge in [-0.25, -0.2) is 9.79 Å². The van der Waals surface area contributed by atoms with Gasteiger partial charge in [0, 0.05) is 23.9 Å². The Morgan fingerprint density at radius 1 is 1.39 bits per heavy atom. The van der Waals surface area contributed by atoms with Crippen LogP contribution in [-0.2, 0) is 14.3 Å². The van der Waals surface area contributed by atoms with Crippen LogP contribution in [0.4, 0.5) is 5.00 Å². The highest BCUT2D eigenvalue weighted by atomic mass is 32.1. The lowest BCUT2D eigenvalue weighted by atomic mass is 9.72. The Labute approximate surface area is 139 Å². The molecule has 1 heterocycles. The van der Waals surface area contributed by atoms with E-state index in [0.717, 1.165) is 4.88 Å². The second-order valence-corrected chi connectivity index (χ2v) is 7.74. The number of ether oxygens (including phenoxy) is 1. The summed E-state index contributed by atoms with van der Waals surface area (Å²) in [5, 5.41) is 0.478. The van der Waals surface area contributed by atoms with Crippen molar-refractivity contribution in [2.45, 2.75) is 40.5 Å². The molecular weight excluding hydrogens is 314 g/mol. The summed E-state index contributed by atoms with van der Waals surface area (Å²) in [6.07, 6.45) is 2.11. The lowest BCUT2D eigenvalue weighted by molar-refractivity contribution is -0.136. The number of Topliss-reactive ketones (excluding diaryl/α,β-unsaturated/α-hetero) is 2. The Kier molecular flexibility index (Phi) is 5.14. The van der Waals surface area contributed by atoms with Crippen LogP contribution in [0.2, 0.25) is 0 Å². The van der Waals surface area contributed by atoms with Crippen LogP contribution in [0.3, 0.4) is 0 Å². The van der Waals surface area contributed by atoms with Crippen molar-refractivity contribution in [1.29, 1.82) is 0 Å². The van der Waals surface area contributed by atoms with E-state index in [2.05, 4.69) is 4.99 Å². The second-order valence-electron chi connectivity index (χ2n) is 6.50. The van der Waals surface area contributed by atoms with Gasteiger partial charge < -0.3 is 4.74 Å². The number of carbonyl (C=O) groups is 3. The average Bonchev–Trinajstić information content (AvgIpc) is 2.78. The molecule has 1 saturated carbocycles. The number of ketones is 2. The van der Waals surface area contributed by atoms with Crippen molar-refractivity contribution in [1.82, 2.24) is 0 Å². The molecule has 1 aromatic rings. The first-order chi connectivity index (χ1) is 10.7. The molecule has 6 heteroatoms. The molecule has 2 rings (SSSR count). The zero-order valence-corrected chi connectivity index (χ0v) is 14.7. The van der Waals surface area contributed by atoms with Crippen LogP contribution >= 0.6 is 11.3 Å². The molecule has 0 N–H and O–H groups in total. The Morgan fingerprint density at radius 3 is 2.57 bits per heavy atom. The van der Waals surface area contributed by atoms with Gasteiger partial charge in [-0.2, -0.15) is 0 Å². The third-order valence-corrected chi connectivity index (χ3v) is 4.63. The van der Waals surface area contributed by atoms with Gasteiger partial charge in [-0.3, -0.25) is 9.59 Å². The standard InChI is InChI=1S/C17H21NO4S/c1-5-22-16(21)11-6-10(2)23-15(11)18-9-12-13(19)7-17(3,4)8-14(12)20/h6,9,12H,5,7-8H2,1-4H3. The maximum Gasteiger partial charge on any atom is 0.341 e. The first-order valence-corrected chi connectivity index (χ1v) is 8.42. The van der Waals surface area contributed by atoms with Crippen LogP contribution < -0.4 is 0 Å². The third-order valence-electron chi connectivity index (χ3n) is 3.67. The quantitative estimate of drug-likeness (QED) is 0.479. The Morgan fingerprint density at radius 2 is 2.00 bits per heavy atom. The molecule has 0 saturated heterocycles. The van der Waals surface area contributed by atoms with E-state index in [0.29, 0.717) is 23.4 Å². The lowest BCUT2D eigenvalue weighted by Crippen LogP contribution is -2.38. The molecule has 1 aliphatic rings.